The fourth-order valence-electron chi connectivity index (χ4n) is 3.78. The van der Waals surface area contributed by atoms with Crippen molar-refractivity contribution in [2.75, 3.05) is 11.1 Å². The van der Waals surface area contributed by atoms with Gasteiger partial charge < -0.3 is 10.3 Å². The van der Waals surface area contributed by atoms with Gasteiger partial charge in [0, 0.05) is 21.6 Å². The van der Waals surface area contributed by atoms with Crippen LogP contribution in [0.5, 0.6) is 0 Å². The van der Waals surface area contributed by atoms with Crippen molar-refractivity contribution >= 4 is 56.9 Å². The molecule has 182 valence electrons. The van der Waals surface area contributed by atoms with Gasteiger partial charge >= 0.3 is 6.18 Å². The molecule has 1 amide bonds. The van der Waals surface area contributed by atoms with Gasteiger partial charge in [-0.15, -0.1) is 0 Å². The predicted molar refractivity (Wildman–Crippen MR) is 135 cm³/mol. The van der Waals surface area contributed by atoms with Crippen molar-refractivity contribution in [2.24, 2.45) is 0 Å². The first kappa shape index (κ1) is 24.0. The minimum atomic E-state index is -4.59. The summed E-state index contributed by atoms with van der Waals surface area (Å²) in [7, 11) is 0. The molecule has 3 aromatic carbocycles. The zero-order valence-electron chi connectivity index (χ0n) is 18.3. The maximum Gasteiger partial charge on any atom is 0.416 e. The van der Waals surface area contributed by atoms with E-state index < -0.39 is 23.2 Å². The number of amides is 1. The minimum absolute atomic E-state index is 0.0133. The number of H-pyrrole nitrogens is 1. The van der Waals surface area contributed by atoms with Crippen LogP contribution in [-0.4, -0.2) is 26.2 Å². The quantitative estimate of drug-likeness (QED) is 0.208. The molecule has 0 fully saturated rings. The van der Waals surface area contributed by atoms with Crippen molar-refractivity contribution in [3.05, 3.63) is 93.7 Å². The number of fused-ring (bicyclic) bond motifs is 3. The molecule has 5 aromatic rings. The second-order valence-corrected chi connectivity index (χ2v) is 9.20. The molecule has 5 rings (SSSR count). The molecule has 2 heterocycles. The van der Waals surface area contributed by atoms with Crippen LogP contribution >= 0.6 is 23.4 Å². The van der Waals surface area contributed by atoms with Crippen LogP contribution in [0.2, 0.25) is 5.02 Å². The first-order valence-electron chi connectivity index (χ1n) is 10.6. The fraction of sp³-hybridized carbons (Fsp3) is 0.0800. The van der Waals surface area contributed by atoms with E-state index in [1.165, 1.54) is 12.1 Å². The SMILES string of the molecule is O=C(CSc1nc2c([nH]c3ccccc32)c(=O)n1-c1cccc(C(F)(F)F)c1)Nc1cccc(Cl)c1. The van der Waals surface area contributed by atoms with Crippen LogP contribution in [0, 0.1) is 0 Å². The Bertz CT molecular complexity index is 1680. The number of alkyl halides is 3. The number of thioether (sulfide) groups is 1. The Hall–Kier alpha value is -3.76. The van der Waals surface area contributed by atoms with Gasteiger partial charge in [-0.2, -0.15) is 13.2 Å². The van der Waals surface area contributed by atoms with E-state index in [1.807, 2.05) is 0 Å². The Labute approximate surface area is 211 Å². The zero-order valence-corrected chi connectivity index (χ0v) is 19.8. The Kier molecular flexibility index (Phi) is 6.23. The molecule has 0 unspecified atom stereocenters. The lowest BCUT2D eigenvalue weighted by Crippen LogP contribution is -2.23. The van der Waals surface area contributed by atoms with E-state index in [0.29, 0.717) is 27.1 Å². The van der Waals surface area contributed by atoms with Crippen molar-refractivity contribution in [3.8, 4) is 5.69 Å². The Morgan fingerprint density at radius 2 is 1.83 bits per heavy atom. The molecule has 0 spiro atoms. The standard InChI is InChI=1S/C25H16ClF3N4O2S/c26-15-6-4-7-16(12-15)30-20(34)13-36-24-32-21-18-9-1-2-10-19(18)31-22(21)23(35)33(24)17-8-3-5-14(11-17)25(27,28)29/h1-12,31H,13H2,(H,30,34). The van der Waals surface area contributed by atoms with Gasteiger partial charge in [0.2, 0.25) is 5.91 Å². The summed E-state index contributed by atoms with van der Waals surface area (Å²) in [5, 5.41) is 3.92. The van der Waals surface area contributed by atoms with Gasteiger partial charge in [0.1, 0.15) is 11.0 Å². The molecule has 0 aliphatic rings. The minimum Gasteiger partial charge on any atom is -0.349 e. The van der Waals surface area contributed by atoms with E-state index in [1.54, 1.807) is 48.5 Å². The number of carbonyl (C=O) groups excluding carboxylic acids is 1. The lowest BCUT2D eigenvalue weighted by Gasteiger charge is -2.14. The van der Waals surface area contributed by atoms with E-state index in [4.69, 9.17) is 11.6 Å². The highest BCUT2D eigenvalue weighted by Gasteiger charge is 2.31. The summed E-state index contributed by atoms with van der Waals surface area (Å²) in [6, 6.07) is 18.2. The molecule has 6 nitrogen and oxygen atoms in total. The maximum absolute atomic E-state index is 13.5. The lowest BCUT2D eigenvalue weighted by atomic mass is 10.2. The average molecular weight is 529 g/mol. The van der Waals surface area contributed by atoms with E-state index >= 15 is 0 Å². The normalized spacial score (nSPS) is 11.8. The second-order valence-electron chi connectivity index (χ2n) is 7.82. The number of aromatic nitrogens is 3. The van der Waals surface area contributed by atoms with Gasteiger partial charge in [-0.25, -0.2) is 4.98 Å². The van der Waals surface area contributed by atoms with Crippen molar-refractivity contribution in [1.29, 1.82) is 0 Å². The third-order valence-electron chi connectivity index (χ3n) is 5.37. The van der Waals surface area contributed by atoms with Gasteiger partial charge in [-0.05, 0) is 42.5 Å². The molecule has 0 atom stereocenters. The van der Waals surface area contributed by atoms with Crippen LogP contribution in [0.1, 0.15) is 5.56 Å². The number of hydrogen-bond donors (Lipinski definition) is 2. The third kappa shape index (κ3) is 4.69. The summed E-state index contributed by atoms with van der Waals surface area (Å²) in [5.41, 5.74) is 0.182. The topological polar surface area (TPSA) is 79.8 Å². The first-order chi connectivity index (χ1) is 17.2. The summed E-state index contributed by atoms with van der Waals surface area (Å²) >= 11 is 6.90. The number of nitrogens with one attached hydrogen (secondary N) is 2. The Morgan fingerprint density at radius 1 is 1.06 bits per heavy atom. The van der Waals surface area contributed by atoms with Crippen LogP contribution in [0.4, 0.5) is 18.9 Å². The van der Waals surface area contributed by atoms with E-state index in [2.05, 4.69) is 15.3 Å². The molecule has 0 radical (unpaired) electrons. The molecule has 0 saturated carbocycles. The van der Waals surface area contributed by atoms with E-state index in [9.17, 15) is 22.8 Å². The summed E-state index contributed by atoms with van der Waals surface area (Å²) in [6.07, 6.45) is -4.59. The maximum atomic E-state index is 13.5. The largest absolute Gasteiger partial charge is 0.416 e. The molecular formula is C25H16ClF3N4O2S. The zero-order chi connectivity index (χ0) is 25.4. The van der Waals surface area contributed by atoms with Crippen LogP contribution < -0.4 is 10.9 Å². The Morgan fingerprint density at radius 3 is 2.61 bits per heavy atom. The number of benzene rings is 3. The number of hydrogen-bond acceptors (Lipinski definition) is 4. The number of aromatic amines is 1. The number of carbonyl (C=O) groups is 1. The van der Waals surface area contributed by atoms with Gasteiger partial charge in [-0.3, -0.25) is 14.2 Å². The first-order valence-corrected chi connectivity index (χ1v) is 12.0. The van der Waals surface area contributed by atoms with Crippen LogP contribution in [0.25, 0.3) is 27.6 Å². The summed E-state index contributed by atoms with van der Waals surface area (Å²) in [5.74, 6) is -0.544. The number of anilines is 1. The van der Waals surface area contributed by atoms with Crippen molar-refractivity contribution in [3.63, 3.8) is 0 Å². The number of rotatable bonds is 5. The molecule has 0 saturated heterocycles. The highest BCUT2D eigenvalue weighted by Crippen LogP contribution is 2.32. The predicted octanol–water partition coefficient (Wildman–Crippen LogP) is 6.27. The van der Waals surface area contributed by atoms with Gasteiger partial charge in [0.15, 0.2) is 5.16 Å². The molecular weight excluding hydrogens is 513 g/mol. The van der Waals surface area contributed by atoms with Crippen molar-refractivity contribution < 1.29 is 18.0 Å². The number of para-hydroxylation sites is 1. The number of nitrogens with zero attached hydrogens (tertiary/aromatic N) is 2. The smallest absolute Gasteiger partial charge is 0.349 e. The van der Waals surface area contributed by atoms with Crippen molar-refractivity contribution in [2.45, 2.75) is 11.3 Å². The summed E-state index contributed by atoms with van der Waals surface area (Å²) in [4.78, 5) is 33.7. The molecule has 0 bridgehead atoms. The van der Waals surface area contributed by atoms with Crippen LogP contribution in [-0.2, 0) is 11.0 Å². The highest BCUT2D eigenvalue weighted by molar-refractivity contribution is 7.99. The molecule has 2 aromatic heterocycles. The fourth-order valence-corrected chi connectivity index (χ4v) is 4.78. The van der Waals surface area contributed by atoms with E-state index in [-0.39, 0.29) is 22.1 Å². The van der Waals surface area contributed by atoms with Gasteiger partial charge in [0.05, 0.1) is 17.0 Å². The number of halogens is 4. The monoisotopic (exact) mass is 528 g/mol. The van der Waals surface area contributed by atoms with Gasteiger partial charge in [0.25, 0.3) is 5.56 Å². The van der Waals surface area contributed by atoms with Crippen LogP contribution in [0.15, 0.2) is 82.7 Å². The van der Waals surface area contributed by atoms with E-state index in [0.717, 1.165) is 28.5 Å². The molecule has 0 aliphatic carbocycles. The van der Waals surface area contributed by atoms with Gasteiger partial charge in [-0.1, -0.05) is 53.7 Å². The summed E-state index contributed by atoms with van der Waals surface area (Å²) < 4.78 is 41.3. The lowest BCUT2D eigenvalue weighted by molar-refractivity contribution is -0.137. The molecule has 2 N–H and O–H groups in total. The third-order valence-corrected chi connectivity index (χ3v) is 6.54. The van der Waals surface area contributed by atoms with Crippen molar-refractivity contribution in [1.82, 2.24) is 14.5 Å². The molecule has 0 aliphatic heterocycles. The molecule has 11 heteroatoms. The highest BCUT2D eigenvalue weighted by atomic mass is 35.5. The second kappa shape index (κ2) is 9.36. The Balaban J connectivity index is 1.59. The van der Waals surface area contributed by atoms with Crippen LogP contribution in [0.3, 0.4) is 0 Å². The summed E-state index contributed by atoms with van der Waals surface area (Å²) in [6.45, 7) is 0. The average Bonchev–Trinajstić information content (AvgIpc) is 3.21. The molecule has 36 heavy (non-hydrogen) atoms.